The molecule has 1 N–H and O–H groups in total. The SMILES string of the molecule is CN(C)C1(C2N=C3C=CC(C)(C(=O)O)C=C3S2)C=CC(c2ccccc2)C(=[N+]=[N-])C1I. The summed E-state index contributed by atoms with van der Waals surface area (Å²) in [5, 5.41) is 9.40. The van der Waals surface area contributed by atoms with Crippen molar-refractivity contribution in [3.05, 3.63) is 76.7 Å². The lowest BCUT2D eigenvalue weighted by atomic mass is 9.77. The van der Waals surface area contributed by atoms with E-state index in [2.05, 4.69) is 44.4 Å². The average molecular weight is 546 g/mol. The number of hydrogen-bond donors (Lipinski definition) is 1. The van der Waals surface area contributed by atoms with Gasteiger partial charge >= 0.3 is 5.97 Å². The molecule has 0 saturated carbocycles. The molecule has 0 fully saturated rings. The van der Waals surface area contributed by atoms with Gasteiger partial charge < -0.3 is 10.6 Å². The van der Waals surface area contributed by atoms with E-state index in [0.717, 1.165) is 16.2 Å². The van der Waals surface area contributed by atoms with Crippen molar-refractivity contribution in [3.63, 3.8) is 0 Å². The maximum atomic E-state index is 11.7. The normalized spacial score (nSPS) is 34.2. The number of aliphatic carboxylic acids is 1. The van der Waals surface area contributed by atoms with Crippen LogP contribution >= 0.6 is 34.4 Å². The van der Waals surface area contributed by atoms with Gasteiger partial charge in [0.15, 0.2) is 0 Å². The second kappa shape index (κ2) is 8.16. The van der Waals surface area contributed by atoms with Crippen LogP contribution in [0.4, 0.5) is 0 Å². The Labute approximate surface area is 199 Å². The third-order valence-corrected chi connectivity index (χ3v) is 9.13. The van der Waals surface area contributed by atoms with Crippen LogP contribution in [0.15, 0.2) is 70.6 Å². The highest BCUT2D eigenvalue weighted by Crippen LogP contribution is 2.49. The van der Waals surface area contributed by atoms with Crippen LogP contribution in [0, 0.1) is 5.41 Å². The van der Waals surface area contributed by atoms with Crippen LogP contribution in [-0.4, -0.2) is 61.1 Å². The Balaban J connectivity index is 1.76. The summed E-state index contributed by atoms with van der Waals surface area (Å²) in [4.78, 5) is 23.4. The van der Waals surface area contributed by atoms with Gasteiger partial charge in [0.05, 0.1) is 11.3 Å². The smallest absolute Gasteiger partial charge is 0.317 e. The summed E-state index contributed by atoms with van der Waals surface area (Å²) < 4.78 is -0.155. The summed E-state index contributed by atoms with van der Waals surface area (Å²) >= 11 is 3.92. The molecule has 31 heavy (non-hydrogen) atoms. The van der Waals surface area contributed by atoms with Crippen LogP contribution in [0.2, 0.25) is 0 Å². The molecule has 8 heteroatoms. The van der Waals surface area contributed by atoms with E-state index in [1.807, 2.05) is 50.5 Å². The Kier molecular flexibility index (Phi) is 5.85. The molecule has 0 spiro atoms. The van der Waals surface area contributed by atoms with Crippen LogP contribution in [0.5, 0.6) is 0 Å². The summed E-state index contributed by atoms with van der Waals surface area (Å²) in [6.07, 6.45) is 9.55. The molecule has 1 aromatic rings. The average Bonchev–Trinajstić information content (AvgIpc) is 3.17. The Hall–Kier alpha value is -2.00. The van der Waals surface area contributed by atoms with Crippen molar-refractivity contribution in [2.24, 2.45) is 10.4 Å². The third-order valence-electron chi connectivity index (χ3n) is 6.21. The molecule has 0 amide bonds. The lowest BCUT2D eigenvalue weighted by molar-refractivity contribution is -0.142. The van der Waals surface area contributed by atoms with Crippen molar-refractivity contribution < 1.29 is 14.7 Å². The maximum Gasteiger partial charge on any atom is 0.317 e. The molecule has 1 aliphatic heterocycles. The fourth-order valence-electron chi connectivity index (χ4n) is 4.22. The van der Waals surface area contributed by atoms with Crippen LogP contribution in [-0.2, 0) is 4.79 Å². The van der Waals surface area contributed by atoms with Gasteiger partial charge in [0, 0.05) is 4.91 Å². The van der Waals surface area contributed by atoms with E-state index in [1.54, 1.807) is 30.8 Å². The molecule has 2 aliphatic carbocycles. The number of fused-ring (bicyclic) bond motifs is 1. The number of hydrogen-bond acceptors (Lipinski definition) is 4. The third kappa shape index (κ3) is 3.55. The predicted molar refractivity (Wildman–Crippen MR) is 133 cm³/mol. The fourth-order valence-corrected chi connectivity index (χ4v) is 7.66. The summed E-state index contributed by atoms with van der Waals surface area (Å²) in [7, 11) is 4.00. The largest absolute Gasteiger partial charge is 0.480 e. The molecule has 3 aliphatic rings. The number of carboxylic acids is 1. The van der Waals surface area contributed by atoms with E-state index in [-0.39, 0.29) is 15.2 Å². The van der Waals surface area contributed by atoms with Crippen molar-refractivity contribution in [1.82, 2.24) is 4.90 Å². The molecule has 160 valence electrons. The molecule has 0 radical (unpaired) electrons. The predicted octanol–water partition coefficient (Wildman–Crippen LogP) is 4.17. The van der Waals surface area contributed by atoms with Gasteiger partial charge in [-0.3, -0.25) is 14.7 Å². The zero-order chi connectivity index (χ0) is 22.4. The number of thioether (sulfide) groups is 1. The summed E-state index contributed by atoms with van der Waals surface area (Å²) in [6, 6.07) is 10.0. The van der Waals surface area contributed by atoms with Gasteiger partial charge in [-0.15, -0.1) is 0 Å². The maximum absolute atomic E-state index is 11.7. The van der Waals surface area contributed by atoms with Crippen molar-refractivity contribution in [3.8, 4) is 0 Å². The van der Waals surface area contributed by atoms with Crippen molar-refractivity contribution in [1.29, 1.82) is 0 Å². The number of nitrogens with zero attached hydrogens (tertiary/aromatic N) is 4. The van der Waals surface area contributed by atoms with Gasteiger partial charge in [-0.05, 0) is 38.7 Å². The van der Waals surface area contributed by atoms with E-state index >= 15 is 0 Å². The van der Waals surface area contributed by atoms with E-state index in [9.17, 15) is 15.4 Å². The van der Waals surface area contributed by atoms with Crippen LogP contribution in [0.3, 0.4) is 0 Å². The standard InChI is InChI=1S/C23H23IN4O2S/c1-22(21(29)30)11-10-16-17(13-22)31-20(26-16)23(28(2)3)12-9-15(18(27-25)19(23)24)14-7-5-4-6-8-14/h4-13,15,19-20H,1-3H3,(H,29,30). The minimum atomic E-state index is -1.04. The van der Waals surface area contributed by atoms with E-state index in [0.29, 0.717) is 5.71 Å². The highest BCUT2D eigenvalue weighted by atomic mass is 127. The van der Waals surface area contributed by atoms with E-state index < -0.39 is 16.9 Å². The Morgan fingerprint density at radius 1 is 1.29 bits per heavy atom. The summed E-state index contributed by atoms with van der Waals surface area (Å²) in [5.41, 5.74) is 11.0. The summed E-state index contributed by atoms with van der Waals surface area (Å²) in [5.74, 6) is -0.997. The van der Waals surface area contributed by atoms with E-state index in [1.165, 1.54) is 0 Å². The van der Waals surface area contributed by atoms with Crippen LogP contribution < -0.4 is 0 Å². The number of aliphatic imine (C=N–C) groups is 1. The fraction of sp³-hybridized carbons (Fsp3) is 0.348. The molecule has 1 aromatic carbocycles. The van der Waals surface area contributed by atoms with Crippen molar-refractivity contribution in [2.75, 3.05) is 14.1 Å². The highest BCUT2D eigenvalue weighted by molar-refractivity contribution is 14.1. The first-order valence-electron chi connectivity index (χ1n) is 9.91. The second-order valence-corrected chi connectivity index (χ2v) is 10.7. The van der Waals surface area contributed by atoms with Gasteiger partial charge in [0.1, 0.15) is 20.6 Å². The lowest BCUT2D eigenvalue weighted by Crippen LogP contribution is -2.60. The number of allylic oxidation sites excluding steroid dienone is 3. The Morgan fingerprint density at radius 2 is 2.00 bits per heavy atom. The molecule has 5 atom stereocenters. The monoisotopic (exact) mass is 546 g/mol. The van der Waals surface area contributed by atoms with Crippen molar-refractivity contribution >= 4 is 51.7 Å². The van der Waals surface area contributed by atoms with Crippen LogP contribution in [0.25, 0.3) is 5.53 Å². The lowest BCUT2D eigenvalue weighted by Gasteiger charge is -2.45. The topological polar surface area (TPSA) is 89.3 Å². The molecular formula is C23H23IN4O2S. The first kappa shape index (κ1) is 22.2. The van der Waals surface area contributed by atoms with Gasteiger partial charge in [0.25, 0.3) is 5.71 Å². The minimum Gasteiger partial charge on any atom is -0.480 e. The Bertz CT molecular complexity index is 1090. The molecule has 0 saturated heterocycles. The zero-order valence-corrected chi connectivity index (χ0v) is 20.4. The second-order valence-electron chi connectivity index (χ2n) is 8.33. The first-order valence-corrected chi connectivity index (χ1v) is 12.0. The number of benzene rings is 1. The van der Waals surface area contributed by atoms with Gasteiger partial charge in [-0.1, -0.05) is 82.9 Å². The summed E-state index contributed by atoms with van der Waals surface area (Å²) in [6.45, 7) is 1.69. The highest BCUT2D eigenvalue weighted by Gasteiger charge is 2.56. The zero-order valence-electron chi connectivity index (χ0n) is 17.4. The first-order chi connectivity index (χ1) is 14.7. The Morgan fingerprint density at radius 3 is 2.61 bits per heavy atom. The van der Waals surface area contributed by atoms with E-state index in [4.69, 9.17) is 4.99 Å². The number of likely N-dealkylation sites (N-methyl/N-ethyl adjacent to an activating group) is 1. The molecule has 5 unspecified atom stereocenters. The van der Waals surface area contributed by atoms with Crippen LogP contribution in [0.1, 0.15) is 18.4 Å². The molecule has 0 bridgehead atoms. The molecule has 0 aromatic heterocycles. The number of rotatable bonds is 4. The quantitative estimate of drug-likeness (QED) is 0.202. The van der Waals surface area contributed by atoms with Crippen molar-refractivity contribution in [2.45, 2.75) is 27.7 Å². The molecular weight excluding hydrogens is 523 g/mol. The number of carboxylic acid groups (broad SMARTS) is 1. The minimum absolute atomic E-state index is 0.114. The van der Waals surface area contributed by atoms with Gasteiger partial charge in [-0.2, -0.15) is 4.79 Å². The molecule has 6 nitrogen and oxygen atoms in total. The van der Waals surface area contributed by atoms with Gasteiger partial charge in [-0.25, -0.2) is 0 Å². The molecule has 1 heterocycles. The number of carbonyl (C=O) groups is 1. The van der Waals surface area contributed by atoms with Gasteiger partial charge in [0.2, 0.25) is 0 Å². The number of alkyl halides is 1. The molecule has 4 rings (SSSR count). The number of halogens is 1.